The maximum Gasteiger partial charge on any atom is 0.265 e. The van der Waals surface area contributed by atoms with Gasteiger partial charge in [-0.2, -0.15) is 0 Å². The zero-order valence-electron chi connectivity index (χ0n) is 12.6. The molecule has 22 heavy (non-hydrogen) atoms. The minimum atomic E-state index is -0.658. The van der Waals surface area contributed by atoms with E-state index in [4.69, 9.17) is 27.9 Å². The Morgan fingerprint density at radius 3 is 2.41 bits per heavy atom. The lowest BCUT2D eigenvalue weighted by Gasteiger charge is -2.18. The summed E-state index contributed by atoms with van der Waals surface area (Å²) in [7, 11) is 0. The second-order valence-electron chi connectivity index (χ2n) is 5.09. The first kappa shape index (κ1) is 16.7. The van der Waals surface area contributed by atoms with Crippen molar-refractivity contribution in [3.8, 4) is 5.75 Å². The van der Waals surface area contributed by atoms with E-state index in [1.807, 2.05) is 32.0 Å². The van der Waals surface area contributed by atoms with E-state index in [1.165, 1.54) is 0 Å². The van der Waals surface area contributed by atoms with Crippen molar-refractivity contribution in [1.82, 2.24) is 0 Å². The predicted molar refractivity (Wildman–Crippen MR) is 91.1 cm³/mol. The number of halogens is 2. The molecule has 1 atom stereocenters. The van der Waals surface area contributed by atoms with Crippen molar-refractivity contribution in [1.29, 1.82) is 0 Å². The van der Waals surface area contributed by atoms with Crippen molar-refractivity contribution in [3.05, 3.63) is 57.6 Å². The van der Waals surface area contributed by atoms with Crippen LogP contribution in [0.5, 0.6) is 5.75 Å². The van der Waals surface area contributed by atoms with Crippen molar-refractivity contribution in [2.45, 2.75) is 26.9 Å². The SMILES string of the molecule is Cc1cccc(C)c1OC(C)C(=O)Nc1cc(Cl)ccc1Cl. The van der Waals surface area contributed by atoms with Crippen LogP contribution >= 0.6 is 23.2 Å². The third-order valence-corrected chi connectivity index (χ3v) is 3.82. The zero-order valence-corrected chi connectivity index (χ0v) is 14.1. The molecule has 1 N–H and O–H groups in total. The van der Waals surface area contributed by atoms with Gasteiger partial charge in [-0.3, -0.25) is 4.79 Å². The molecule has 0 aromatic heterocycles. The van der Waals surface area contributed by atoms with Gasteiger partial charge >= 0.3 is 0 Å². The molecule has 0 spiro atoms. The van der Waals surface area contributed by atoms with Crippen LogP contribution in [0.25, 0.3) is 0 Å². The number of carbonyl (C=O) groups excluding carboxylic acids is 1. The summed E-state index contributed by atoms with van der Waals surface area (Å²) >= 11 is 12.0. The summed E-state index contributed by atoms with van der Waals surface area (Å²) < 4.78 is 5.79. The Kier molecular flexibility index (Phi) is 5.33. The number of para-hydroxylation sites is 1. The van der Waals surface area contributed by atoms with Crippen molar-refractivity contribution >= 4 is 34.8 Å². The van der Waals surface area contributed by atoms with E-state index in [1.54, 1.807) is 25.1 Å². The van der Waals surface area contributed by atoms with Crippen molar-refractivity contribution in [3.63, 3.8) is 0 Å². The molecule has 0 saturated carbocycles. The predicted octanol–water partition coefficient (Wildman–Crippen LogP) is 5.02. The molecule has 2 rings (SSSR count). The smallest absolute Gasteiger partial charge is 0.265 e. The van der Waals surface area contributed by atoms with Crippen LogP contribution in [0.4, 0.5) is 5.69 Å². The molecule has 5 heteroatoms. The summed E-state index contributed by atoms with van der Waals surface area (Å²) in [5, 5.41) is 3.66. The molecule has 0 aliphatic heterocycles. The van der Waals surface area contributed by atoms with Gasteiger partial charge in [0.1, 0.15) is 5.75 Å². The Morgan fingerprint density at radius 1 is 1.14 bits per heavy atom. The quantitative estimate of drug-likeness (QED) is 0.850. The lowest BCUT2D eigenvalue weighted by molar-refractivity contribution is -0.122. The van der Waals surface area contributed by atoms with E-state index in [2.05, 4.69) is 5.32 Å². The molecule has 0 bridgehead atoms. The number of ether oxygens (including phenoxy) is 1. The number of nitrogens with one attached hydrogen (secondary N) is 1. The minimum absolute atomic E-state index is 0.285. The summed E-state index contributed by atoms with van der Waals surface area (Å²) in [4.78, 5) is 12.3. The maximum atomic E-state index is 12.3. The largest absolute Gasteiger partial charge is 0.480 e. The molecule has 0 aliphatic carbocycles. The average molecular weight is 338 g/mol. The normalized spacial score (nSPS) is 11.9. The molecule has 2 aromatic carbocycles. The van der Waals surface area contributed by atoms with Gasteiger partial charge in [-0.15, -0.1) is 0 Å². The lowest BCUT2D eigenvalue weighted by atomic mass is 10.1. The van der Waals surface area contributed by atoms with Gasteiger partial charge in [-0.1, -0.05) is 41.4 Å². The summed E-state index contributed by atoms with van der Waals surface area (Å²) in [6.07, 6.45) is -0.658. The first-order chi connectivity index (χ1) is 10.4. The summed E-state index contributed by atoms with van der Waals surface area (Å²) in [5.41, 5.74) is 2.44. The fourth-order valence-corrected chi connectivity index (χ4v) is 2.38. The van der Waals surface area contributed by atoms with E-state index in [0.717, 1.165) is 16.9 Å². The third-order valence-electron chi connectivity index (χ3n) is 3.26. The minimum Gasteiger partial charge on any atom is -0.480 e. The van der Waals surface area contributed by atoms with E-state index < -0.39 is 6.10 Å². The van der Waals surface area contributed by atoms with Crippen LogP contribution < -0.4 is 10.1 Å². The highest BCUT2D eigenvalue weighted by Crippen LogP contribution is 2.27. The van der Waals surface area contributed by atoms with Gasteiger partial charge in [-0.25, -0.2) is 0 Å². The average Bonchev–Trinajstić information content (AvgIpc) is 2.46. The molecule has 0 saturated heterocycles. The Balaban J connectivity index is 2.11. The molecule has 0 aliphatic rings. The number of anilines is 1. The number of benzene rings is 2. The maximum absolute atomic E-state index is 12.3. The summed E-state index contributed by atoms with van der Waals surface area (Å²) in [5.74, 6) is 0.439. The highest BCUT2D eigenvalue weighted by Gasteiger charge is 2.18. The number of hydrogen-bond acceptors (Lipinski definition) is 2. The van der Waals surface area contributed by atoms with E-state index in [9.17, 15) is 4.79 Å². The van der Waals surface area contributed by atoms with E-state index in [0.29, 0.717) is 15.7 Å². The molecule has 0 heterocycles. The zero-order chi connectivity index (χ0) is 16.3. The van der Waals surface area contributed by atoms with E-state index in [-0.39, 0.29) is 5.91 Å². The van der Waals surface area contributed by atoms with Crippen molar-refractivity contribution in [2.75, 3.05) is 5.32 Å². The van der Waals surface area contributed by atoms with Gasteiger partial charge in [0.25, 0.3) is 5.91 Å². The molecule has 0 radical (unpaired) electrons. The van der Waals surface area contributed by atoms with Crippen LogP contribution in [0.15, 0.2) is 36.4 Å². The molecular weight excluding hydrogens is 321 g/mol. The monoisotopic (exact) mass is 337 g/mol. The van der Waals surface area contributed by atoms with Crippen LogP contribution in [0.2, 0.25) is 10.0 Å². The lowest BCUT2D eigenvalue weighted by Crippen LogP contribution is -2.30. The van der Waals surface area contributed by atoms with Gasteiger partial charge in [-0.05, 0) is 50.1 Å². The van der Waals surface area contributed by atoms with Crippen molar-refractivity contribution in [2.24, 2.45) is 0 Å². The van der Waals surface area contributed by atoms with Crippen molar-refractivity contribution < 1.29 is 9.53 Å². The highest BCUT2D eigenvalue weighted by molar-refractivity contribution is 6.35. The number of carbonyl (C=O) groups is 1. The molecule has 1 amide bonds. The van der Waals surface area contributed by atoms with Crippen LogP contribution in [-0.4, -0.2) is 12.0 Å². The molecular formula is C17H17Cl2NO2. The van der Waals surface area contributed by atoms with Gasteiger partial charge in [0.15, 0.2) is 6.10 Å². The number of aryl methyl sites for hydroxylation is 2. The number of amides is 1. The first-order valence-corrected chi connectivity index (χ1v) is 7.63. The number of rotatable bonds is 4. The van der Waals surface area contributed by atoms with Crippen LogP contribution in [-0.2, 0) is 4.79 Å². The molecule has 1 unspecified atom stereocenters. The summed E-state index contributed by atoms with van der Waals surface area (Å²) in [6, 6.07) is 10.7. The standard InChI is InChI=1S/C17H17Cl2NO2/c1-10-5-4-6-11(2)16(10)22-12(3)17(21)20-15-9-13(18)7-8-14(15)19/h4-9,12H,1-3H3,(H,20,21). The fourth-order valence-electron chi connectivity index (χ4n) is 2.04. The summed E-state index contributed by atoms with van der Waals surface area (Å²) in [6.45, 7) is 5.58. The van der Waals surface area contributed by atoms with Gasteiger partial charge in [0.2, 0.25) is 0 Å². The third kappa shape index (κ3) is 3.93. The number of hydrogen-bond donors (Lipinski definition) is 1. The molecule has 0 fully saturated rings. The fraction of sp³-hybridized carbons (Fsp3) is 0.235. The van der Waals surface area contributed by atoms with Crippen LogP contribution in [0.3, 0.4) is 0 Å². The first-order valence-electron chi connectivity index (χ1n) is 6.87. The Hall–Kier alpha value is -1.71. The molecule has 3 nitrogen and oxygen atoms in total. The van der Waals surface area contributed by atoms with Gasteiger partial charge < -0.3 is 10.1 Å². The Bertz CT molecular complexity index is 681. The Morgan fingerprint density at radius 2 is 1.77 bits per heavy atom. The van der Waals surface area contributed by atoms with Gasteiger partial charge in [0, 0.05) is 5.02 Å². The van der Waals surface area contributed by atoms with E-state index >= 15 is 0 Å². The molecule has 116 valence electrons. The molecule has 2 aromatic rings. The second-order valence-corrected chi connectivity index (χ2v) is 5.94. The second kappa shape index (κ2) is 7.03. The van der Waals surface area contributed by atoms with Crippen LogP contribution in [0, 0.1) is 13.8 Å². The van der Waals surface area contributed by atoms with Crippen LogP contribution in [0.1, 0.15) is 18.1 Å². The Labute approximate surface area is 140 Å². The highest BCUT2D eigenvalue weighted by atomic mass is 35.5. The topological polar surface area (TPSA) is 38.3 Å². The van der Waals surface area contributed by atoms with Gasteiger partial charge in [0.05, 0.1) is 10.7 Å².